The van der Waals surface area contributed by atoms with E-state index in [1.165, 1.54) is 6.42 Å². The summed E-state index contributed by atoms with van der Waals surface area (Å²) in [6.07, 6.45) is 6.67. The fourth-order valence-electron chi connectivity index (χ4n) is 2.10. The zero-order valence-electron chi connectivity index (χ0n) is 9.52. The fourth-order valence-corrected chi connectivity index (χ4v) is 2.87. The van der Waals surface area contributed by atoms with Gasteiger partial charge in [0.1, 0.15) is 0 Å². The van der Waals surface area contributed by atoms with Crippen molar-refractivity contribution in [1.82, 2.24) is 0 Å². The van der Waals surface area contributed by atoms with Crippen molar-refractivity contribution in [3.8, 4) is 0 Å². The minimum atomic E-state index is -1.66. The highest BCUT2D eigenvalue weighted by Gasteiger charge is 2.47. The van der Waals surface area contributed by atoms with Crippen LogP contribution in [0.15, 0.2) is 0 Å². The third-order valence-corrected chi connectivity index (χ3v) is 4.75. The molecule has 1 aliphatic heterocycles. The molecule has 1 saturated heterocycles. The van der Waals surface area contributed by atoms with E-state index in [1.54, 1.807) is 0 Å². The van der Waals surface area contributed by atoms with Crippen LogP contribution in [0.4, 0.5) is 0 Å². The topological polar surface area (TPSA) is 55.8 Å². The highest BCUT2D eigenvalue weighted by Crippen LogP contribution is 2.44. The second-order valence-electron chi connectivity index (χ2n) is 4.70. The molecule has 0 radical (unpaired) electrons. The van der Waals surface area contributed by atoms with Gasteiger partial charge in [-0.1, -0.05) is 0 Å². The summed E-state index contributed by atoms with van der Waals surface area (Å²) in [5.41, 5.74) is 0. The fraction of sp³-hybridized carbons (Fsp3) is 1.00. The molecule has 2 fully saturated rings. The van der Waals surface area contributed by atoms with Gasteiger partial charge in [-0.3, -0.25) is 0 Å². The zero-order chi connectivity index (χ0) is 11.4. The zero-order valence-corrected chi connectivity index (χ0v) is 10.3. The Bertz CT molecular complexity index is 246. The van der Waals surface area contributed by atoms with Crippen LogP contribution in [-0.2, 0) is 20.6 Å². The first-order valence-electron chi connectivity index (χ1n) is 6.07. The normalized spacial score (nSPS) is 29.9. The molecular formula is C11H20O4S. The molecule has 0 spiro atoms. The van der Waals surface area contributed by atoms with Gasteiger partial charge >= 0.3 is 0 Å². The van der Waals surface area contributed by atoms with E-state index in [4.69, 9.17) is 14.0 Å². The first-order valence-corrected chi connectivity index (χ1v) is 7.18. The molecule has 2 atom stereocenters. The van der Waals surface area contributed by atoms with Gasteiger partial charge in [0.05, 0.1) is 4.75 Å². The van der Waals surface area contributed by atoms with E-state index in [0.29, 0.717) is 6.61 Å². The minimum Gasteiger partial charge on any atom is -0.353 e. The molecule has 1 saturated carbocycles. The molecule has 94 valence electrons. The average molecular weight is 248 g/mol. The van der Waals surface area contributed by atoms with Crippen molar-refractivity contribution in [2.45, 2.75) is 56.0 Å². The van der Waals surface area contributed by atoms with Gasteiger partial charge in [0.15, 0.2) is 17.4 Å². The second kappa shape index (κ2) is 5.58. The number of ether oxygens (including phenoxy) is 2. The molecule has 16 heavy (non-hydrogen) atoms. The van der Waals surface area contributed by atoms with Crippen LogP contribution in [-0.4, -0.2) is 33.0 Å². The highest BCUT2D eigenvalue weighted by molar-refractivity contribution is 7.81. The summed E-state index contributed by atoms with van der Waals surface area (Å²) in [7, 11) is 0. The van der Waals surface area contributed by atoms with Crippen LogP contribution < -0.4 is 0 Å². The molecule has 0 aromatic rings. The second-order valence-corrected chi connectivity index (χ2v) is 6.07. The molecule has 2 unspecified atom stereocenters. The Morgan fingerprint density at radius 1 is 1.44 bits per heavy atom. The van der Waals surface area contributed by atoms with Gasteiger partial charge in [-0.2, -0.15) is 0 Å². The Morgan fingerprint density at radius 2 is 2.25 bits per heavy atom. The molecule has 0 aromatic heterocycles. The maximum atomic E-state index is 11.0. The maximum Gasteiger partial charge on any atom is 0.159 e. The van der Waals surface area contributed by atoms with Crippen molar-refractivity contribution in [3.63, 3.8) is 0 Å². The number of rotatable bonds is 6. The summed E-state index contributed by atoms with van der Waals surface area (Å²) in [6, 6.07) is 0. The number of hydrogen-bond donors (Lipinski definition) is 1. The van der Waals surface area contributed by atoms with E-state index < -0.39 is 11.1 Å². The van der Waals surface area contributed by atoms with E-state index >= 15 is 0 Å². The largest absolute Gasteiger partial charge is 0.353 e. The Labute approximate surface area is 99.0 Å². The summed E-state index contributed by atoms with van der Waals surface area (Å²) in [6.45, 7) is 1.44. The lowest BCUT2D eigenvalue weighted by atomic mass is 10.2. The first-order chi connectivity index (χ1) is 7.73. The maximum absolute atomic E-state index is 11.0. The van der Waals surface area contributed by atoms with Gasteiger partial charge < -0.3 is 14.0 Å². The molecule has 4 nitrogen and oxygen atoms in total. The molecule has 0 bridgehead atoms. The van der Waals surface area contributed by atoms with Crippen molar-refractivity contribution in [2.75, 3.05) is 13.2 Å². The summed E-state index contributed by atoms with van der Waals surface area (Å²) < 4.78 is 30.9. The van der Waals surface area contributed by atoms with E-state index in [-0.39, 0.29) is 11.0 Å². The molecule has 1 N–H and O–H groups in total. The van der Waals surface area contributed by atoms with Crippen LogP contribution in [0.5, 0.6) is 0 Å². The lowest BCUT2D eigenvalue weighted by molar-refractivity contribution is -0.162. The van der Waals surface area contributed by atoms with Crippen LogP contribution in [0, 0.1) is 0 Å². The third-order valence-electron chi connectivity index (χ3n) is 3.40. The molecule has 1 aliphatic carbocycles. The Balaban J connectivity index is 1.56. The van der Waals surface area contributed by atoms with Gasteiger partial charge in [-0.05, 0) is 44.9 Å². The van der Waals surface area contributed by atoms with Gasteiger partial charge in [0.25, 0.3) is 0 Å². The molecular weight excluding hydrogens is 228 g/mol. The minimum absolute atomic E-state index is 0.0384. The van der Waals surface area contributed by atoms with Crippen LogP contribution in [0.1, 0.15) is 44.9 Å². The SMILES string of the molecule is O=S(O)C1(CCCOC2CCCCO2)CC1. The smallest absolute Gasteiger partial charge is 0.159 e. The molecule has 0 aromatic carbocycles. The summed E-state index contributed by atoms with van der Waals surface area (Å²) in [4.78, 5) is 0. The average Bonchev–Trinajstić information content (AvgIpc) is 3.07. The van der Waals surface area contributed by atoms with E-state index in [0.717, 1.165) is 45.1 Å². The lowest BCUT2D eigenvalue weighted by Gasteiger charge is -2.22. The lowest BCUT2D eigenvalue weighted by Crippen LogP contribution is -2.23. The summed E-state index contributed by atoms with van der Waals surface area (Å²) in [5.74, 6) is 0. The molecule has 2 rings (SSSR count). The van der Waals surface area contributed by atoms with E-state index in [9.17, 15) is 4.21 Å². The standard InChI is InChI=1S/C11H20O4S/c12-16(13)11(6-7-11)5-3-9-15-10-4-1-2-8-14-10/h10H,1-9H2,(H,12,13). The Morgan fingerprint density at radius 3 is 2.81 bits per heavy atom. The van der Waals surface area contributed by atoms with E-state index in [1.807, 2.05) is 0 Å². The summed E-state index contributed by atoms with van der Waals surface area (Å²) in [5, 5.41) is 0. The van der Waals surface area contributed by atoms with E-state index in [2.05, 4.69) is 0 Å². The van der Waals surface area contributed by atoms with Crippen molar-refractivity contribution < 1.29 is 18.2 Å². The van der Waals surface area contributed by atoms with Crippen LogP contribution in [0.3, 0.4) is 0 Å². The molecule has 2 aliphatic rings. The van der Waals surface area contributed by atoms with Crippen molar-refractivity contribution in [3.05, 3.63) is 0 Å². The number of hydrogen-bond acceptors (Lipinski definition) is 3. The van der Waals surface area contributed by atoms with Gasteiger partial charge in [-0.15, -0.1) is 0 Å². The van der Waals surface area contributed by atoms with Crippen LogP contribution in [0.2, 0.25) is 0 Å². The van der Waals surface area contributed by atoms with Gasteiger partial charge in [-0.25, -0.2) is 4.21 Å². The Kier molecular flexibility index (Phi) is 4.35. The monoisotopic (exact) mass is 248 g/mol. The molecule has 1 heterocycles. The van der Waals surface area contributed by atoms with Crippen LogP contribution >= 0.6 is 0 Å². The van der Waals surface area contributed by atoms with Crippen molar-refractivity contribution >= 4 is 11.1 Å². The quantitative estimate of drug-likeness (QED) is 0.577. The van der Waals surface area contributed by atoms with Gasteiger partial charge in [0.2, 0.25) is 0 Å². The third kappa shape index (κ3) is 3.26. The van der Waals surface area contributed by atoms with Gasteiger partial charge in [0, 0.05) is 13.2 Å². The predicted molar refractivity (Wildman–Crippen MR) is 61.5 cm³/mol. The first kappa shape index (κ1) is 12.5. The highest BCUT2D eigenvalue weighted by atomic mass is 32.2. The predicted octanol–water partition coefficient (Wildman–Crippen LogP) is 2.06. The van der Waals surface area contributed by atoms with Crippen LogP contribution in [0.25, 0.3) is 0 Å². The Hall–Kier alpha value is 0.0300. The van der Waals surface area contributed by atoms with Crippen molar-refractivity contribution in [2.24, 2.45) is 0 Å². The van der Waals surface area contributed by atoms with Crippen molar-refractivity contribution in [1.29, 1.82) is 0 Å². The molecule has 0 amide bonds. The summed E-state index contributed by atoms with van der Waals surface area (Å²) >= 11 is -1.66. The molecule has 5 heteroatoms.